The Morgan fingerprint density at radius 2 is 1.67 bits per heavy atom. The van der Waals surface area contributed by atoms with E-state index in [0.717, 1.165) is 12.8 Å². The number of nitrogens with zero attached hydrogens (tertiary/aromatic N) is 3. The zero-order chi connectivity index (χ0) is 21.3. The molecule has 154 valence electrons. The summed E-state index contributed by atoms with van der Waals surface area (Å²) in [6.07, 6.45) is 1.94. The van der Waals surface area contributed by atoms with Gasteiger partial charge in [0.05, 0.1) is 29.6 Å². The van der Waals surface area contributed by atoms with E-state index in [0.29, 0.717) is 51.9 Å². The van der Waals surface area contributed by atoms with Gasteiger partial charge in [-0.15, -0.1) is 0 Å². The van der Waals surface area contributed by atoms with Crippen LogP contribution in [0.4, 0.5) is 0 Å². The SMILES string of the molecule is COc1ccc(-c2c(C(=O)N3CCCC3)c(C)nn(-c3ccc(Cl)cc3)c2=O)cc1. The molecule has 3 aromatic rings. The summed E-state index contributed by atoms with van der Waals surface area (Å²) in [7, 11) is 1.58. The number of likely N-dealkylation sites (tertiary alicyclic amines) is 1. The Morgan fingerprint density at radius 3 is 2.27 bits per heavy atom. The molecule has 30 heavy (non-hydrogen) atoms. The van der Waals surface area contributed by atoms with Crippen LogP contribution in [-0.4, -0.2) is 40.8 Å². The first-order valence-electron chi connectivity index (χ1n) is 9.83. The van der Waals surface area contributed by atoms with Crippen LogP contribution in [0.5, 0.6) is 5.75 Å². The molecule has 1 amide bonds. The van der Waals surface area contributed by atoms with Gasteiger partial charge in [-0.3, -0.25) is 9.59 Å². The van der Waals surface area contributed by atoms with E-state index in [1.807, 2.05) is 0 Å². The van der Waals surface area contributed by atoms with Crippen molar-refractivity contribution in [3.8, 4) is 22.6 Å². The Morgan fingerprint density at radius 1 is 1.03 bits per heavy atom. The van der Waals surface area contributed by atoms with Gasteiger partial charge in [-0.05, 0) is 61.7 Å². The summed E-state index contributed by atoms with van der Waals surface area (Å²) in [5.41, 5.74) is 2.09. The van der Waals surface area contributed by atoms with Crippen LogP contribution < -0.4 is 10.3 Å². The molecule has 0 spiro atoms. The number of ether oxygens (including phenoxy) is 1. The Hall–Kier alpha value is -3.12. The molecular formula is C23H22ClN3O3. The number of aromatic nitrogens is 2. The fourth-order valence-corrected chi connectivity index (χ4v) is 3.89. The topological polar surface area (TPSA) is 64.4 Å². The molecule has 6 nitrogen and oxygen atoms in total. The van der Waals surface area contributed by atoms with E-state index in [2.05, 4.69) is 5.10 Å². The lowest BCUT2D eigenvalue weighted by molar-refractivity contribution is 0.0792. The van der Waals surface area contributed by atoms with E-state index >= 15 is 0 Å². The van der Waals surface area contributed by atoms with E-state index < -0.39 is 0 Å². The minimum Gasteiger partial charge on any atom is -0.497 e. The molecule has 0 atom stereocenters. The quantitative estimate of drug-likeness (QED) is 0.633. The molecule has 1 fully saturated rings. The van der Waals surface area contributed by atoms with Crippen molar-refractivity contribution in [3.63, 3.8) is 0 Å². The third-order valence-corrected chi connectivity index (χ3v) is 5.58. The number of rotatable bonds is 4. The zero-order valence-electron chi connectivity index (χ0n) is 16.9. The molecule has 0 aliphatic carbocycles. The third kappa shape index (κ3) is 3.71. The number of halogens is 1. The van der Waals surface area contributed by atoms with Gasteiger partial charge in [0.2, 0.25) is 0 Å². The average molecular weight is 424 g/mol. The maximum Gasteiger partial charge on any atom is 0.280 e. The highest BCUT2D eigenvalue weighted by molar-refractivity contribution is 6.30. The molecule has 0 bridgehead atoms. The normalized spacial score (nSPS) is 13.5. The number of aryl methyl sites for hydroxylation is 1. The van der Waals surface area contributed by atoms with Crippen LogP contribution in [0.3, 0.4) is 0 Å². The second-order valence-electron chi connectivity index (χ2n) is 7.26. The van der Waals surface area contributed by atoms with Gasteiger partial charge in [-0.2, -0.15) is 9.78 Å². The van der Waals surface area contributed by atoms with Crippen molar-refractivity contribution in [1.82, 2.24) is 14.7 Å². The Labute approximate surface area is 179 Å². The van der Waals surface area contributed by atoms with Gasteiger partial charge in [0.1, 0.15) is 5.75 Å². The van der Waals surface area contributed by atoms with Gasteiger partial charge < -0.3 is 9.64 Å². The van der Waals surface area contributed by atoms with Gasteiger partial charge >= 0.3 is 0 Å². The summed E-state index contributed by atoms with van der Waals surface area (Å²) < 4.78 is 6.56. The minimum absolute atomic E-state index is 0.149. The van der Waals surface area contributed by atoms with Crippen molar-refractivity contribution in [2.45, 2.75) is 19.8 Å². The Balaban J connectivity index is 1.95. The summed E-state index contributed by atoms with van der Waals surface area (Å²) >= 11 is 6.00. The Bertz CT molecular complexity index is 1130. The highest BCUT2D eigenvalue weighted by Gasteiger charge is 2.28. The van der Waals surface area contributed by atoms with E-state index in [4.69, 9.17) is 16.3 Å². The van der Waals surface area contributed by atoms with Gasteiger partial charge in [0.15, 0.2) is 0 Å². The minimum atomic E-state index is -0.351. The molecule has 0 radical (unpaired) electrons. The van der Waals surface area contributed by atoms with Crippen molar-refractivity contribution in [1.29, 1.82) is 0 Å². The molecule has 0 saturated carbocycles. The lowest BCUT2D eigenvalue weighted by atomic mass is 9.99. The summed E-state index contributed by atoms with van der Waals surface area (Å²) in [4.78, 5) is 28.7. The van der Waals surface area contributed by atoms with E-state index in [9.17, 15) is 9.59 Å². The van der Waals surface area contributed by atoms with E-state index in [1.54, 1.807) is 67.5 Å². The first-order chi connectivity index (χ1) is 14.5. The first-order valence-corrected chi connectivity index (χ1v) is 10.2. The van der Waals surface area contributed by atoms with Crippen molar-refractivity contribution < 1.29 is 9.53 Å². The van der Waals surface area contributed by atoms with Gasteiger partial charge in [0, 0.05) is 18.1 Å². The second-order valence-corrected chi connectivity index (χ2v) is 7.69. The van der Waals surface area contributed by atoms with E-state index in [1.165, 1.54) is 4.68 Å². The highest BCUT2D eigenvalue weighted by atomic mass is 35.5. The number of hydrogen-bond acceptors (Lipinski definition) is 4. The number of carbonyl (C=O) groups excluding carboxylic acids is 1. The van der Waals surface area contributed by atoms with Crippen LogP contribution in [0.15, 0.2) is 53.3 Å². The number of amides is 1. The molecule has 1 aliphatic heterocycles. The summed E-state index contributed by atoms with van der Waals surface area (Å²) in [5, 5.41) is 5.04. The molecule has 1 aromatic heterocycles. The molecule has 4 rings (SSSR count). The van der Waals surface area contributed by atoms with Crippen LogP contribution in [-0.2, 0) is 0 Å². The molecule has 1 aliphatic rings. The lowest BCUT2D eigenvalue weighted by Crippen LogP contribution is -2.33. The molecule has 0 N–H and O–H groups in total. The molecule has 1 saturated heterocycles. The number of methoxy groups -OCH3 is 1. The number of carbonyl (C=O) groups is 1. The fourth-order valence-electron chi connectivity index (χ4n) is 3.76. The Kier molecular flexibility index (Phi) is 5.59. The zero-order valence-corrected chi connectivity index (χ0v) is 17.6. The van der Waals surface area contributed by atoms with Crippen molar-refractivity contribution in [2.24, 2.45) is 0 Å². The van der Waals surface area contributed by atoms with Crippen LogP contribution in [0, 0.1) is 6.92 Å². The number of benzene rings is 2. The fraction of sp³-hybridized carbons (Fsp3) is 0.261. The van der Waals surface area contributed by atoms with Crippen molar-refractivity contribution in [3.05, 3.63) is 75.2 Å². The predicted octanol–water partition coefficient (Wildman–Crippen LogP) is 4.11. The smallest absolute Gasteiger partial charge is 0.280 e. The summed E-state index contributed by atoms with van der Waals surface area (Å²) in [6, 6.07) is 14.0. The van der Waals surface area contributed by atoms with Crippen LogP contribution in [0.1, 0.15) is 28.9 Å². The molecular weight excluding hydrogens is 402 g/mol. The van der Waals surface area contributed by atoms with Crippen LogP contribution in [0.2, 0.25) is 5.02 Å². The highest BCUT2D eigenvalue weighted by Crippen LogP contribution is 2.27. The lowest BCUT2D eigenvalue weighted by Gasteiger charge is -2.20. The standard InChI is InChI=1S/C23H22ClN3O3/c1-15-20(22(28)26-13-3-4-14-26)21(16-5-11-19(30-2)12-6-16)23(29)27(25-15)18-9-7-17(24)8-10-18/h5-12H,3-4,13-14H2,1-2H3. The van der Waals surface area contributed by atoms with Crippen molar-refractivity contribution >= 4 is 17.5 Å². The monoisotopic (exact) mass is 423 g/mol. The van der Waals surface area contributed by atoms with Gasteiger partial charge in [0.25, 0.3) is 11.5 Å². The van der Waals surface area contributed by atoms with Gasteiger partial charge in [-0.25, -0.2) is 0 Å². The largest absolute Gasteiger partial charge is 0.497 e. The maximum absolute atomic E-state index is 13.6. The molecule has 0 unspecified atom stereocenters. The summed E-state index contributed by atoms with van der Waals surface area (Å²) in [6.45, 7) is 3.16. The second kappa shape index (κ2) is 8.32. The van der Waals surface area contributed by atoms with Gasteiger partial charge in [-0.1, -0.05) is 23.7 Å². The van der Waals surface area contributed by atoms with Crippen molar-refractivity contribution in [2.75, 3.05) is 20.2 Å². The molecule has 7 heteroatoms. The van der Waals surface area contributed by atoms with Crippen LogP contribution in [0.25, 0.3) is 16.8 Å². The average Bonchev–Trinajstić information content (AvgIpc) is 3.30. The maximum atomic E-state index is 13.6. The number of hydrogen-bond donors (Lipinski definition) is 0. The predicted molar refractivity (Wildman–Crippen MR) is 117 cm³/mol. The molecule has 2 aromatic carbocycles. The first kappa shape index (κ1) is 20.2. The molecule has 2 heterocycles. The van der Waals surface area contributed by atoms with Crippen LogP contribution >= 0.6 is 11.6 Å². The summed E-state index contributed by atoms with van der Waals surface area (Å²) in [5.74, 6) is 0.527. The third-order valence-electron chi connectivity index (χ3n) is 5.33. The van der Waals surface area contributed by atoms with E-state index in [-0.39, 0.29) is 11.5 Å².